The first-order valence-corrected chi connectivity index (χ1v) is 19.5. The minimum atomic E-state index is -1.08. The van der Waals surface area contributed by atoms with Gasteiger partial charge in [0.2, 0.25) is 11.8 Å². The predicted octanol–water partition coefficient (Wildman–Crippen LogP) is 6.45. The number of anilines is 2. The highest BCUT2D eigenvalue weighted by Crippen LogP contribution is 2.48. The molecule has 9 rings (SSSR count). The summed E-state index contributed by atoms with van der Waals surface area (Å²) in [4.78, 5) is 56.3. The molecule has 4 heterocycles. The van der Waals surface area contributed by atoms with Gasteiger partial charge in [-0.1, -0.05) is 29.4 Å². The number of nitriles is 1. The number of aromatic nitrogens is 1. The van der Waals surface area contributed by atoms with Crippen LogP contribution < -0.4 is 10.2 Å². The van der Waals surface area contributed by atoms with Gasteiger partial charge in [-0.2, -0.15) is 5.26 Å². The number of fused-ring (bicyclic) bond motifs is 1. The summed E-state index contributed by atoms with van der Waals surface area (Å²) in [5, 5.41) is 16.2. The van der Waals surface area contributed by atoms with Crippen molar-refractivity contribution in [3.05, 3.63) is 99.7 Å². The normalized spacial score (nSPS) is 23.0. The van der Waals surface area contributed by atoms with Crippen LogP contribution in [0, 0.1) is 49.8 Å². The molecule has 4 fully saturated rings. The maximum absolute atomic E-state index is 15.4. The lowest BCUT2D eigenvalue weighted by molar-refractivity contribution is -0.136. The molecule has 12 heteroatoms. The molecule has 4 aromatic rings. The lowest BCUT2D eigenvalue weighted by Gasteiger charge is -2.52. The van der Waals surface area contributed by atoms with Gasteiger partial charge in [-0.3, -0.25) is 34.3 Å². The van der Waals surface area contributed by atoms with Crippen molar-refractivity contribution in [2.45, 2.75) is 83.2 Å². The van der Waals surface area contributed by atoms with Crippen LogP contribution in [0.15, 0.2) is 59.1 Å². The van der Waals surface area contributed by atoms with Gasteiger partial charge in [0.25, 0.3) is 11.8 Å². The second-order valence-electron chi connectivity index (χ2n) is 16.5. The van der Waals surface area contributed by atoms with Gasteiger partial charge in [-0.15, -0.1) is 0 Å². The molecule has 11 nitrogen and oxygen atoms in total. The van der Waals surface area contributed by atoms with Crippen LogP contribution in [0.3, 0.4) is 0 Å². The molecule has 3 aliphatic heterocycles. The van der Waals surface area contributed by atoms with E-state index in [-0.39, 0.29) is 35.3 Å². The number of carbonyl (C=O) groups is 4. The Morgan fingerprint density at radius 2 is 1.68 bits per heavy atom. The number of aryl methyl sites for hydroxylation is 3. The number of amides is 4. The van der Waals surface area contributed by atoms with Gasteiger partial charge >= 0.3 is 0 Å². The maximum atomic E-state index is 15.4. The maximum Gasteiger partial charge on any atom is 0.262 e. The molecular formula is C44H43FN6O5. The molecule has 2 aliphatic carbocycles. The van der Waals surface area contributed by atoms with Crippen LogP contribution in [-0.2, 0) is 21.4 Å². The number of benzene rings is 3. The Morgan fingerprint density at radius 3 is 2.32 bits per heavy atom. The number of nitrogens with zero attached hydrogens (tertiary/aromatic N) is 5. The van der Waals surface area contributed by atoms with Crippen LogP contribution in [0.2, 0.25) is 0 Å². The van der Waals surface area contributed by atoms with E-state index in [0.717, 1.165) is 101 Å². The minimum Gasteiger partial charge on any atom is -0.361 e. The van der Waals surface area contributed by atoms with Crippen molar-refractivity contribution in [3.63, 3.8) is 0 Å². The number of carbonyl (C=O) groups excluding carboxylic acids is 4. The summed E-state index contributed by atoms with van der Waals surface area (Å²) in [6, 6.07) is 19.5. The van der Waals surface area contributed by atoms with E-state index in [0.29, 0.717) is 23.9 Å². The Balaban J connectivity index is 0.861. The van der Waals surface area contributed by atoms with Crippen LogP contribution in [0.1, 0.15) is 87.4 Å². The van der Waals surface area contributed by atoms with Crippen LogP contribution in [0.4, 0.5) is 15.8 Å². The number of halogens is 1. The van der Waals surface area contributed by atoms with Crippen LogP contribution in [0.25, 0.3) is 11.1 Å². The molecule has 3 aromatic carbocycles. The summed E-state index contributed by atoms with van der Waals surface area (Å²) in [5.74, 6) is -1.52. The number of rotatable bonds is 10. The van der Waals surface area contributed by atoms with E-state index in [2.05, 4.69) is 75.7 Å². The second-order valence-corrected chi connectivity index (χ2v) is 16.5. The summed E-state index contributed by atoms with van der Waals surface area (Å²) in [5.41, 5.74) is 7.49. The predicted molar refractivity (Wildman–Crippen MR) is 204 cm³/mol. The third-order valence-corrected chi connectivity index (χ3v) is 12.8. The Kier molecular flexibility index (Phi) is 8.69. The molecule has 4 amide bonds. The molecule has 2 saturated carbocycles. The second kappa shape index (κ2) is 13.5. The zero-order valence-corrected chi connectivity index (χ0v) is 31.7. The van der Waals surface area contributed by atoms with Gasteiger partial charge in [-0.05, 0) is 118 Å². The van der Waals surface area contributed by atoms with Crippen molar-refractivity contribution in [1.29, 1.82) is 5.26 Å². The molecule has 56 heavy (non-hydrogen) atoms. The zero-order valence-electron chi connectivity index (χ0n) is 31.7. The Bertz CT molecular complexity index is 2330. The molecule has 5 aliphatic rings. The topological polar surface area (TPSA) is 140 Å². The molecule has 1 N–H and O–H groups in total. The third kappa shape index (κ3) is 6.09. The number of likely N-dealkylation sites (tertiary alicyclic amines) is 1. The fraction of sp³-hybridized carbons (Fsp3) is 0.409. The van der Waals surface area contributed by atoms with E-state index in [1.165, 1.54) is 6.07 Å². The van der Waals surface area contributed by atoms with Crippen LogP contribution in [0.5, 0.6) is 0 Å². The zero-order chi connectivity index (χ0) is 39.0. The highest BCUT2D eigenvalue weighted by atomic mass is 19.1. The van der Waals surface area contributed by atoms with Crippen molar-refractivity contribution < 1.29 is 28.1 Å². The smallest absolute Gasteiger partial charge is 0.262 e. The lowest BCUT2D eigenvalue weighted by atomic mass is 9.74. The monoisotopic (exact) mass is 754 g/mol. The summed E-state index contributed by atoms with van der Waals surface area (Å²) in [6.45, 7) is 8.76. The summed E-state index contributed by atoms with van der Waals surface area (Å²) in [6.07, 6.45) is 4.19. The first kappa shape index (κ1) is 36.0. The van der Waals surface area contributed by atoms with Crippen LogP contribution >= 0.6 is 0 Å². The first-order chi connectivity index (χ1) is 26.9. The Labute approximate surface area is 324 Å². The SMILES string of the molecule is Cc1ccc(-c2c(C)noc2C)cc1N(CC1CN(C2CC(Cc3cc4c(cc3F)C(=O)N(C3CCC(=O)NC3=O)C4=O)C2)C1)c1ccc(C2(C#N)CC2)cc1. The van der Waals surface area contributed by atoms with Crippen molar-refractivity contribution >= 4 is 35.0 Å². The van der Waals surface area contributed by atoms with Gasteiger partial charge in [-0.25, -0.2) is 4.39 Å². The number of hydrogen-bond acceptors (Lipinski definition) is 9. The first-order valence-electron chi connectivity index (χ1n) is 19.5. The molecule has 286 valence electrons. The van der Waals surface area contributed by atoms with Crippen LogP contribution in [-0.4, -0.2) is 70.3 Å². The lowest BCUT2D eigenvalue weighted by Crippen LogP contribution is -2.58. The molecule has 2 saturated heterocycles. The van der Waals surface area contributed by atoms with E-state index in [4.69, 9.17) is 4.52 Å². The van der Waals surface area contributed by atoms with E-state index < -0.39 is 35.5 Å². The number of hydrogen-bond donors (Lipinski definition) is 1. The molecule has 0 bridgehead atoms. The summed E-state index contributed by atoms with van der Waals surface area (Å²) < 4.78 is 20.9. The standard InChI is InChI=1S/C44H43FN6O5/c1-24-4-5-29(40-25(2)48-56-26(40)3)18-38(24)50(32-8-6-31(7-9-32)44(23-46)12-13-44)22-28-20-49(21-28)33-15-27(16-33)14-30-17-34-35(19-36(30)45)43(55)51(42(34)54)37-10-11-39(52)47-41(37)53/h4-9,17-19,27-28,33,37H,10-16,20-22H2,1-3H3,(H,47,52,53). The molecule has 0 radical (unpaired) electrons. The van der Waals surface area contributed by atoms with Gasteiger partial charge in [0.05, 0.1) is 28.3 Å². The molecule has 1 unspecified atom stereocenters. The highest BCUT2D eigenvalue weighted by Gasteiger charge is 2.47. The highest BCUT2D eigenvalue weighted by molar-refractivity contribution is 6.23. The van der Waals surface area contributed by atoms with Gasteiger partial charge in [0.15, 0.2) is 0 Å². The quantitative estimate of drug-likeness (QED) is 0.181. The van der Waals surface area contributed by atoms with Crippen molar-refractivity contribution in [1.82, 2.24) is 20.3 Å². The van der Waals surface area contributed by atoms with Crippen molar-refractivity contribution in [2.24, 2.45) is 11.8 Å². The average molecular weight is 755 g/mol. The number of piperidine rings is 1. The fourth-order valence-corrected chi connectivity index (χ4v) is 9.29. The van der Waals surface area contributed by atoms with E-state index >= 15 is 4.39 Å². The summed E-state index contributed by atoms with van der Waals surface area (Å²) in [7, 11) is 0. The third-order valence-electron chi connectivity index (χ3n) is 12.8. The van der Waals surface area contributed by atoms with Crippen molar-refractivity contribution in [2.75, 3.05) is 24.5 Å². The number of nitrogens with one attached hydrogen (secondary N) is 1. The van der Waals surface area contributed by atoms with Gasteiger partial charge in [0.1, 0.15) is 17.6 Å². The van der Waals surface area contributed by atoms with Gasteiger partial charge < -0.3 is 9.42 Å². The molecule has 1 aromatic heterocycles. The largest absolute Gasteiger partial charge is 0.361 e. The average Bonchev–Trinajstić information content (AvgIpc) is 3.83. The van der Waals surface area contributed by atoms with E-state index in [1.54, 1.807) is 0 Å². The molecule has 0 spiro atoms. The molecular weight excluding hydrogens is 712 g/mol. The molecule has 1 atom stereocenters. The van der Waals surface area contributed by atoms with Crippen molar-refractivity contribution in [3.8, 4) is 17.2 Å². The fourth-order valence-electron chi connectivity index (χ4n) is 9.29. The van der Waals surface area contributed by atoms with Gasteiger partial charge in [0, 0.05) is 55.0 Å². The number of imide groups is 2. The van der Waals surface area contributed by atoms with E-state index in [1.807, 2.05) is 13.8 Å². The van der Waals surface area contributed by atoms with E-state index in [9.17, 15) is 24.4 Å². The Morgan fingerprint density at radius 1 is 0.964 bits per heavy atom. The Hall–Kier alpha value is -5.67. The summed E-state index contributed by atoms with van der Waals surface area (Å²) >= 11 is 0. The minimum absolute atomic E-state index is 0.0265.